The zero-order valence-corrected chi connectivity index (χ0v) is 15.7. The molecule has 0 saturated carbocycles. The van der Waals surface area contributed by atoms with Crippen molar-refractivity contribution >= 4 is 34.2 Å². The van der Waals surface area contributed by atoms with Gasteiger partial charge in [-0.1, -0.05) is 42.5 Å². The minimum Gasteiger partial charge on any atom is -0.478 e. The Labute approximate surface area is 172 Å². The minimum atomic E-state index is -1.19. The number of carboxylic acids is 1. The van der Waals surface area contributed by atoms with Crippen LogP contribution in [0.1, 0.15) is 31.1 Å². The first-order chi connectivity index (χ1) is 14.6. The number of carboxylic acid groups (broad SMARTS) is 1. The number of para-hydroxylation sites is 1. The molecule has 0 unspecified atom stereocenters. The summed E-state index contributed by atoms with van der Waals surface area (Å²) >= 11 is 0. The van der Waals surface area contributed by atoms with Gasteiger partial charge in [0.2, 0.25) is 0 Å². The van der Waals surface area contributed by atoms with Gasteiger partial charge >= 0.3 is 5.97 Å². The van der Waals surface area contributed by atoms with Crippen molar-refractivity contribution in [1.82, 2.24) is 4.98 Å². The van der Waals surface area contributed by atoms with Crippen LogP contribution in [0.4, 0.5) is 5.69 Å². The Bertz CT molecular complexity index is 1190. The normalized spacial score (nSPS) is 12.3. The van der Waals surface area contributed by atoms with Crippen LogP contribution in [-0.2, 0) is 0 Å². The average Bonchev–Trinajstić information content (AvgIpc) is 2.79. The van der Waals surface area contributed by atoms with E-state index in [1.807, 2.05) is 30.3 Å². The lowest BCUT2D eigenvalue weighted by Gasteiger charge is -2.28. The van der Waals surface area contributed by atoms with Gasteiger partial charge in [-0.25, -0.2) is 9.69 Å². The fraction of sp³-hybridized carbons (Fsp3) is 0. The molecule has 0 fully saturated rings. The first-order valence-corrected chi connectivity index (χ1v) is 9.17. The third-order valence-corrected chi connectivity index (χ3v) is 4.71. The highest BCUT2D eigenvalue weighted by molar-refractivity contribution is 6.36. The standard InChI is InChI=1S/C19H11NO4.C5H5N/c21-17-13-8-3-5-11-6-4-9-14(16(11)13)18(22)20(17)15-10-2-1-7-12(15)19(23)24;1-2-4-6-5-3-1/h1-10H,(H,23,24);1-5H. The SMILES string of the molecule is O=C(O)c1ccccc1N1C(=O)c2cccc3cccc(c23)C1=O.c1ccncc1. The first-order valence-electron chi connectivity index (χ1n) is 9.17. The largest absolute Gasteiger partial charge is 0.478 e. The zero-order chi connectivity index (χ0) is 21.1. The second-order valence-corrected chi connectivity index (χ2v) is 6.50. The maximum Gasteiger partial charge on any atom is 0.337 e. The summed E-state index contributed by atoms with van der Waals surface area (Å²) in [5, 5.41) is 10.8. The minimum absolute atomic E-state index is 0.0755. The van der Waals surface area contributed by atoms with Crippen molar-refractivity contribution < 1.29 is 19.5 Å². The van der Waals surface area contributed by atoms with Gasteiger partial charge in [0.15, 0.2) is 0 Å². The van der Waals surface area contributed by atoms with Crippen LogP contribution in [0, 0.1) is 0 Å². The smallest absolute Gasteiger partial charge is 0.337 e. The third-order valence-electron chi connectivity index (χ3n) is 4.71. The molecule has 0 spiro atoms. The number of carbonyl (C=O) groups excluding carboxylic acids is 2. The van der Waals surface area contributed by atoms with E-state index in [-0.39, 0.29) is 11.3 Å². The highest BCUT2D eigenvalue weighted by Gasteiger charge is 2.35. The number of amides is 2. The van der Waals surface area contributed by atoms with E-state index < -0.39 is 17.8 Å². The van der Waals surface area contributed by atoms with E-state index in [1.54, 1.807) is 48.8 Å². The number of benzene rings is 3. The fourth-order valence-corrected chi connectivity index (χ4v) is 3.41. The van der Waals surface area contributed by atoms with Crippen LogP contribution in [0.2, 0.25) is 0 Å². The van der Waals surface area contributed by atoms with Crippen molar-refractivity contribution in [3.05, 3.63) is 108 Å². The molecule has 6 nitrogen and oxygen atoms in total. The molecule has 0 saturated heterocycles. The van der Waals surface area contributed by atoms with E-state index in [1.165, 1.54) is 12.1 Å². The predicted molar refractivity (Wildman–Crippen MR) is 113 cm³/mol. The summed E-state index contributed by atoms with van der Waals surface area (Å²) in [5.74, 6) is -2.22. The Morgan fingerprint density at radius 2 is 1.33 bits per heavy atom. The molecule has 4 aromatic rings. The number of imide groups is 1. The van der Waals surface area contributed by atoms with Crippen molar-refractivity contribution in [2.75, 3.05) is 4.90 Å². The molecule has 0 bridgehead atoms. The van der Waals surface area contributed by atoms with E-state index in [9.17, 15) is 19.5 Å². The molecular weight excluding hydrogens is 380 g/mol. The van der Waals surface area contributed by atoms with Crippen molar-refractivity contribution in [3.8, 4) is 0 Å². The number of pyridine rings is 1. The van der Waals surface area contributed by atoms with Gasteiger partial charge in [-0.3, -0.25) is 14.6 Å². The maximum atomic E-state index is 12.9. The van der Waals surface area contributed by atoms with E-state index in [0.29, 0.717) is 16.5 Å². The van der Waals surface area contributed by atoms with Crippen LogP contribution in [-0.4, -0.2) is 27.9 Å². The zero-order valence-electron chi connectivity index (χ0n) is 15.7. The van der Waals surface area contributed by atoms with Crippen LogP contribution in [0.25, 0.3) is 10.8 Å². The van der Waals surface area contributed by atoms with E-state index in [0.717, 1.165) is 10.3 Å². The lowest BCUT2D eigenvalue weighted by atomic mass is 9.93. The summed E-state index contributed by atoms with van der Waals surface area (Å²) in [6.45, 7) is 0. The van der Waals surface area contributed by atoms with Gasteiger partial charge in [-0.2, -0.15) is 0 Å². The molecule has 146 valence electrons. The number of hydrogen-bond acceptors (Lipinski definition) is 4. The molecule has 1 aliphatic rings. The highest BCUT2D eigenvalue weighted by atomic mass is 16.4. The van der Waals surface area contributed by atoms with E-state index >= 15 is 0 Å². The van der Waals surface area contributed by atoms with Crippen LogP contribution in [0.5, 0.6) is 0 Å². The maximum absolute atomic E-state index is 12.9. The molecular formula is C24H16N2O4. The summed E-state index contributed by atoms with van der Waals surface area (Å²) < 4.78 is 0. The molecule has 30 heavy (non-hydrogen) atoms. The van der Waals surface area contributed by atoms with Gasteiger partial charge in [0.05, 0.1) is 11.3 Å². The summed E-state index contributed by atoms with van der Waals surface area (Å²) in [5.41, 5.74) is 0.767. The predicted octanol–water partition coefficient (Wildman–Crippen LogP) is 4.42. The topological polar surface area (TPSA) is 87.6 Å². The van der Waals surface area contributed by atoms with Crippen LogP contribution < -0.4 is 4.90 Å². The molecule has 0 radical (unpaired) electrons. The first kappa shape index (κ1) is 19.0. The Hall–Kier alpha value is -4.32. The summed E-state index contributed by atoms with van der Waals surface area (Å²) in [6.07, 6.45) is 3.50. The number of hydrogen-bond donors (Lipinski definition) is 1. The molecule has 6 heteroatoms. The number of aromatic nitrogens is 1. The average molecular weight is 396 g/mol. The molecule has 1 N–H and O–H groups in total. The van der Waals surface area contributed by atoms with Crippen LogP contribution >= 0.6 is 0 Å². The Kier molecular flexibility index (Phi) is 5.05. The van der Waals surface area contributed by atoms with Crippen LogP contribution in [0.3, 0.4) is 0 Å². The lowest BCUT2D eigenvalue weighted by molar-refractivity contribution is 0.0698. The summed E-state index contributed by atoms with van der Waals surface area (Å²) in [6, 6.07) is 22.2. The molecule has 0 aliphatic carbocycles. The highest BCUT2D eigenvalue weighted by Crippen LogP contribution is 2.33. The van der Waals surface area contributed by atoms with Gasteiger partial charge in [0.1, 0.15) is 0 Å². The monoisotopic (exact) mass is 396 g/mol. The van der Waals surface area contributed by atoms with Gasteiger partial charge in [-0.05, 0) is 41.8 Å². The lowest BCUT2D eigenvalue weighted by Crippen LogP contribution is -2.41. The van der Waals surface area contributed by atoms with E-state index in [2.05, 4.69) is 4.98 Å². The Balaban J connectivity index is 0.000000313. The quantitative estimate of drug-likeness (QED) is 0.507. The molecule has 1 aromatic heterocycles. The van der Waals surface area contributed by atoms with Gasteiger partial charge < -0.3 is 5.11 Å². The van der Waals surface area contributed by atoms with E-state index in [4.69, 9.17) is 0 Å². The van der Waals surface area contributed by atoms with Crippen molar-refractivity contribution in [2.45, 2.75) is 0 Å². The molecule has 5 rings (SSSR count). The number of nitrogens with zero attached hydrogens (tertiary/aromatic N) is 2. The second kappa shape index (κ2) is 7.97. The number of rotatable bonds is 2. The summed E-state index contributed by atoms with van der Waals surface area (Å²) in [4.78, 5) is 42.0. The van der Waals surface area contributed by atoms with Gasteiger partial charge in [-0.15, -0.1) is 0 Å². The number of anilines is 1. The molecule has 2 amide bonds. The van der Waals surface area contributed by atoms with Crippen molar-refractivity contribution in [3.63, 3.8) is 0 Å². The molecule has 3 aromatic carbocycles. The molecule has 2 heterocycles. The van der Waals surface area contributed by atoms with Crippen molar-refractivity contribution in [1.29, 1.82) is 0 Å². The fourth-order valence-electron chi connectivity index (χ4n) is 3.41. The molecule has 1 aliphatic heterocycles. The van der Waals surface area contributed by atoms with Crippen molar-refractivity contribution in [2.24, 2.45) is 0 Å². The van der Waals surface area contributed by atoms with Gasteiger partial charge in [0.25, 0.3) is 11.8 Å². The second-order valence-electron chi connectivity index (χ2n) is 6.50. The Morgan fingerprint density at radius 3 is 1.83 bits per heavy atom. The van der Waals surface area contributed by atoms with Gasteiger partial charge in [0, 0.05) is 28.9 Å². The number of carbonyl (C=O) groups is 3. The van der Waals surface area contributed by atoms with Crippen LogP contribution in [0.15, 0.2) is 91.3 Å². The number of aromatic carboxylic acids is 1. The third kappa shape index (κ3) is 3.31. The Morgan fingerprint density at radius 1 is 0.733 bits per heavy atom. The molecule has 0 atom stereocenters. The summed E-state index contributed by atoms with van der Waals surface area (Å²) in [7, 11) is 0.